The van der Waals surface area contributed by atoms with Crippen molar-refractivity contribution in [1.29, 1.82) is 0 Å². The SMILES string of the molecule is CCOc1cc2nn(C)cc2cc1C(=O)Nc1ccc(C2=CC(C)(C)N(C(=O)OC(C)(C)C)CC2)nn1. The number of benzene rings is 1. The van der Waals surface area contributed by atoms with Gasteiger partial charge in [0.15, 0.2) is 5.82 Å². The maximum absolute atomic E-state index is 13.1. The second-order valence-corrected chi connectivity index (χ2v) is 10.6. The summed E-state index contributed by atoms with van der Waals surface area (Å²) in [4.78, 5) is 27.5. The highest BCUT2D eigenvalue weighted by Crippen LogP contribution is 2.32. The van der Waals surface area contributed by atoms with Crippen molar-refractivity contribution in [3.05, 3.63) is 47.8 Å². The van der Waals surface area contributed by atoms with Gasteiger partial charge in [0.05, 0.1) is 28.9 Å². The van der Waals surface area contributed by atoms with Crippen LogP contribution in [-0.2, 0) is 11.8 Å². The average molecular weight is 507 g/mol. The van der Waals surface area contributed by atoms with Crippen molar-refractivity contribution in [2.45, 2.75) is 59.1 Å². The molecule has 37 heavy (non-hydrogen) atoms. The molecule has 2 amide bonds. The molecule has 0 aliphatic carbocycles. The minimum Gasteiger partial charge on any atom is -0.493 e. The minimum atomic E-state index is -0.559. The predicted molar refractivity (Wildman–Crippen MR) is 141 cm³/mol. The fourth-order valence-corrected chi connectivity index (χ4v) is 4.32. The van der Waals surface area contributed by atoms with Crippen molar-refractivity contribution in [3.8, 4) is 5.75 Å². The second-order valence-electron chi connectivity index (χ2n) is 10.6. The van der Waals surface area contributed by atoms with Gasteiger partial charge in [0.2, 0.25) is 0 Å². The zero-order chi connectivity index (χ0) is 27.0. The van der Waals surface area contributed by atoms with Gasteiger partial charge in [-0.25, -0.2) is 4.79 Å². The first-order chi connectivity index (χ1) is 17.4. The van der Waals surface area contributed by atoms with Crippen molar-refractivity contribution < 1.29 is 19.1 Å². The van der Waals surface area contributed by atoms with Gasteiger partial charge in [-0.05, 0) is 71.7 Å². The first-order valence-corrected chi connectivity index (χ1v) is 12.3. The third-order valence-corrected chi connectivity index (χ3v) is 5.94. The van der Waals surface area contributed by atoms with Gasteiger partial charge >= 0.3 is 6.09 Å². The van der Waals surface area contributed by atoms with E-state index in [2.05, 4.69) is 20.6 Å². The maximum Gasteiger partial charge on any atom is 0.410 e. The van der Waals surface area contributed by atoms with Crippen molar-refractivity contribution in [1.82, 2.24) is 24.9 Å². The molecule has 0 atom stereocenters. The highest BCUT2D eigenvalue weighted by Gasteiger charge is 2.36. The Morgan fingerprint density at radius 1 is 1.16 bits per heavy atom. The van der Waals surface area contributed by atoms with Gasteiger partial charge in [-0.1, -0.05) is 6.08 Å². The van der Waals surface area contributed by atoms with Crippen LogP contribution in [-0.4, -0.2) is 61.2 Å². The topological polar surface area (TPSA) is 111 Å². The number of carbonyl (C=O) groups is 2. The van der Waals surface area contributed by atoms with Crippen LogP contribution in [0.15, 0.2) is 36.5 Å². The zero-order valence-electron chi connectivity index (χ0n) is 22.5. The van der Waals surface area contributed by atoms with Crippen LogP contribution in [0.5, 0.6) is 5.75 Å². The summed E-state index contributed by atoms with van der Waals surface area (Å²) in [6, 6.07) is 7.06. The van der Waals surface area contributed by atoms with E-state index in [0.717, 1.165) is 16.5 Å². The Balaban J connectivity index is 1.50. The summed E-state index contributed by atoms with van der Waals surface area (Å²) in [5, 5.41) is 16.6. The van der Waals surface area contributed by atoms with E-state index in [0.29, 0.717) is 42.4 Å². The Morgan fingerprint density at radius 2 is 1.92 bits per heavy atom. The summed E-state index contributed by atoms with van der Waals surface area (Å²) < 4.78 is 13.0. The molecule has 1 aliphatic rings. The quantitative estimate of drug-likeness (QED) is 0.528. The lowest BCUT2D eigenvalue weighted by Crippen LogP contribution is -2.50. The van der Waals surface area contributed by atoms with E-state index in [-0.39, 0.29) is 12.0 Å². The molecule has 4 rings (SSSR count). The second kappa shape index (κ2) is 9.84. The van der Waals surface area contributed by atoms with Gasteiger partial charge in [0.1, 0.15) is 11.4 Å². The molecule has 1 N–H and O–H groups in total. The fraction of sp³-hybridized carbons (Fsp3) is 0.444. The minimum absolute atomic E-state index is 0.327. The number of hydrogen-bond acceptors (Lipinski definition) is 7. The molecule has 0 spiro atoms. The number of fused-ring (bicyclic) bond motifs is 1. The Kier molecular flexibility index (Phi) is 6.94. The largest absolute Gasteiger partial charge is 0.493 e. The van der Waals surface area contributed by atoms with Gasteiger partial charge < -0.3 is 14.8 Å². The molecule has 196 valence electrons. The normalized spacial score (nSPS) is 15.3. The molecule has 0 radical (unpaired) electrons. The molecular formula is C27H34N6O4. The van der Waals surface area contributed by atoms with Crippen LogP contribution < -0.4 is 10.1 Å². The molecule has 0 saturated carbocycles. The van der Waals surface area contributed by atoms with Crippen LogP contribution >= 0.6 is 0 Å². The molecular weight excluding hydrogens is 472 g/mol. The third-order valence-electron chi connectivity index (χ3n) is 5.94. The van der Waals surface area contributed by atoms with Gasteiger partial charge in [-0.2, -0.15) is 5.10 Å². The first-order valence-electron chi connectivity index (χ1n) is 12.3. The molecule has 0 saturated heterocycles. The van der Waals surface area contributed by atoms with Crippen LogP contribution in [0.25, 0.3) is 16.5 Å². The monoisotopic (exact) mass is 506 g/mol. The molecule has 0 fully saturated rings. The predicted octanol–water partition coefficient (Wildman–Crippen LogP) is 4.82. The highest BCUT2D eigenvalue weighted by atomic mass is 16.6. The van der Waals surface area contributed by atoms with Crippen LogP contribution in [0.4, 0.5) is 10.6 Å². The summed E-state index contributed by atoms with van der Waals surface area (Å²) >= 11 is 0. The number of amides is 2. The lowest BCUT2D eigenvalue weighted by atomic mass is 9.91. The molecule has 10 nitrogen and oxygen atoms in total. The zero-order valence-corrected chi connectivity index (χ0v) is 22.5. The maximum atomic E-state index is 13.1. The first kappa shape index (κ1) is 26.1. The number of aromatic nitrogens is 4. The number of aryl methyl sites for hydroxylation is 1. The number of nitrogens with one attached hydrogen (secondary N) is 1. The number of ether oxygens (including phenoxy) is 2. The molecule has 10 heteroatoms. The average Bonchev–Trinajstić information content (AvgIpc) is 3.16. The fourth-order valence-electron chi connectivity index (χ4n) is 4.32. The van der Waals surface area contributed by atoms with Crippen LogP contribution in [0.1, 0.15) is 64.0 Å². The van der Waals surface area contributed by atoms with Crippen molar-refractivity contribution in [2.24, 2.45) is 7.05 Å². The Hall–Kier alpha value is -3.95. The van der Waals surface area contributed by atoms with E-state index in [1.807, 2.05) is 66.9 Å². The summed E-state index contributed by atoms with van der Waals surface area (Å²) in [5.41, 5.74) is 1.71. The van der Waals surface area contributed by atoms with Gasteiger partial charge in [0.25, 0.3) is 5.91 Å². The lowest BCUT2D eigenvalue weighted by molar-refractivity contribution is 0.00991. The summed E-state index contributed by atoms with van der Waals surface area (Å²) in [6.07, 6.45) is 4.14. The molecule has 0 unspecified atom stereocenters. The third kappa shape index (κ3) is 5.90. The molecule has 1 aliphatic heterocycles. The lowest BCUT2D eigenvalue weighted by Gasteiger charge is -2.41. The van der Waals surface area contributed by atoms with Gasteiger partial charge in [-0.15, -0.1) is 10.2 Å². The van der Waals surface area contributed by atoms with E-state index in [4.69, 9.17) is 9.47 Å². The Bertz CT molecular complexity index is 1350. The van der Waals surface area contributed by atoms with Gasteiger partial charge in [-0.3, -0.25) is 14.4 Å². The number of rotatable bonds is 5. The van der Waals surface area contributed by atoms with Gasteiger partial charge in [0, 0.05) is 31.2 Å². The molecule has 0 bridgehead atoms. The summed E-state index contributed by atoms with van der Waals surface area (Å²) in [6.45, 7) is 12.3. The van der Waals surface area contributed by atoms with Crippen LogP contribution in [0.2, 0.25) is 0 Å². The van der Waals surface area contributed by atoms with E-state index >= 15 is 0 Å². The number of carbonyl (C=O) groups excluding carboxylic acids is 2. The van der Waals surface area contributed by atoms with Crippen molar-refractivity contribution >= 4 is 34.3 Å². The molecule has 1 aromatic carbocycles. The Morgan fingerprint density at radius 3 is 2.54 bits per heavy atom. The van der Waals surface area contributed by atoms with Crippen molar-refractivity contribution in [3.63, 3.8) is 0 Å². The van der Waals surface area contributed by atoms with Crippen LogP contribution in [0.3, 0.4) is 0 Å². The van der Waals surface area contributed by atoms with E-state index < -0.39 is 11.1 Å². The molecule has 3 heterocycles. The van der Waals surface area contributed by atoms with Crippen molar-refractivity contribution in [2.75, 3.05) is 18.5 Å². The summed E-state index contributed by atoms with van der Waals surface area (Å²) in [7, 11) is 1.83. The Labute approximate surface area is 216 Å². The molecule has 2 aromatic heterocycles. The highest BCUT2D eigenvalue weighted by molar-refractivity contribution is 6.08. The van der Waals surface area contributed by atoms with E-state index in [1.54, 1.807) is 27.8 Å². The number of anilines is 1. The van der Waals surface area contributed by atoms with E-state index in [9.17, 15) is 9.59 Å². The number of nitrogens with zero attached hydrogens (tertiary/aromatic N) is 5. The number of hydrogen-bond donors (Lipinski definition) is 1. The standard InChI is InChI=1S/C27H34N6O4/c1-8-36-22-14-21-18(16-32(7)31-21)13-19(22)24(34)28-23-10-9-20(29-30-23)17-11-12-33(27(5,6)15-17)25(35)37-26(2,3)4/h9-10,13-16H,8,11-12H2,1-7H3,(H,28,30,34). The molecule has 3 aromatic rings. The van der Waals surface area contributed by atoms with Crippen LogP contribution in [0, 0.1) is 0 Å². The van der Waals surface area contributed by atoms with E-state index in [1.165, 1.54) is 0 Å². The smallest absolute Gasteiger partial charge is 0.410 e. The summed E-state index contributed by atoms with van der Waals surface area (Å²) in [5.74, 6) is 0.440.